The van der Waals surface area contributed by atoms with Crippen molar-refractivity contribution in [1.29, 1.82) is 0 Å². The molecular weight excluding hydrogens is 482 g/mol. The van der Waals surface area contributed by atoms with E-state index in [2.05, 4.69) is 48.9 Å². The third kappa shape index (κ3) is 4.79. The third-order valence-electron chi connectivity index (χ3n) is 4.02. The van der Waals surface area contributed by atoms with Crippen LogP contribution in [0.3, 0.4) is 0 Å². The number of nitrogens with zero attached hydrogens (tertiary/aromatic N) is 2. The number of morpholine rings is 1. The molecule has 1 aliphatic rings. The predicted molar refractivity (Wildman–Crippen MR) is 109 cm³/mol. The number of anilines is 1. The molecule has 0 unspecified atom stereocenters. The quantitative estimate of drug-likeness (QED) is 0.283. The summed E-state index contributed by atoms with van der Waals surface area (Å²) in [6.07, 6.45) is 1.49. The number of nitro benzene ring substituents is 1. The van der Waals surface area contributed by atoms with Crippen molar-refractivity contribution in [3.63, 3.8) is 0 Å². The monoisotopic (exact) mass is 497 g/mol. The summed E-state index contributed by atoms with van der Waals surface area (Å²) in [5.41, 5.74) is 7.19. The smallest absolute Gasteiger partial charge is 0.299 e. The molecular formula is C18H17Br2N3O4. The zero-order chi connectivity index (χ0) is 19.4. The van der Waals surface area contributed by atoms with Gasteiger partial charge in [0, 0.05) is 19.2 Å². The molecule has 0 spiro atoms. The Bertz CT molecular complexity index is 875. The molecule has 2 aromatic rings. The van der Waals surface area contributed by atoms with Gasteiger partial charge in [-0.05, 0) is 37.4 Å². The highest BCUT2D eigenvalue weighted by molar-refractivity contribution is 9.11. The van der Waals surface area contributed by atoms with Crippen LogP contribution in [-0.4, -0.2) is 29.5 Å². The lowest BCUT2D eigenvalue weighted by Gasteiger charge is -2.28. The Kier molecular flexibility index (Phi) is 6.35. The van der Waals surface area contributed by atoms with Crippen LogP contribution in [0.1, 0.15) is 5.56 Å². The molecule has 0 amide bonds. The van der Waals surface area contributed by atoms with Crippen molar-refractivity contribution >= 4 is 43.2 Å². The summed E-state index contributed by atoms with van der Waals surface area (Å²) in [6, 6.07) is 11.7. The molecule has 0 saturated carbocycles. The molecule has 0 bridgehead atoms. The summed E-state index contributed by atoms with van der Waals surface area (Å²) in [5, 5.41) is 11.1. The lowest BCUT2D eigenvalue weighted by atomic mass is 10.2. The van der Waals surface area contributed by atoms with E-state index >= 15 is 0 Å². The van der Waals surface area contributed by atoms with E-state index in [0.29, 0.717) is 24.7 Å². The lowest BCUT2D eigenvalue weighted by Crippen LogP contribution is -2.34. The van der Waals surface area contributed by atoms with Gasteiger partial charge in [0.1, 0.15) is 27.6 Å². The average Bonchev–Trinajstić information content (AvgIpc) is 2.64. The Morgan fingerprint density at radius 1 is 1.33 bits per heavy atom. The van der Waals surface area contributed by atoms with Gasteiger partial charge in [-0.2, -0.15) is 0 Å². The van der Waals surface area contributed by atoms with E-state index in [1.165, 1.54) is 17.9 Å². The normalized spacial score (nSPS) is 16.1. The number of nitrogens with two attached hydrogens (primary N) is 1. The second-order valence-electron chi connectivity index (χ2n) is 5.94. The first kappa shape index (κ1) is 19.7. The largest absolute Gasteiger partial charge is 0.492 e. The number of hydrogen-bond acceptors (Lipinski definition) is 6. The molecule has 9 heteroatoms. The molecule has 27 heavy (non-hydrogen) atoms. The molecule has 0 radical (unpaired) electrons. The maximum absolute atomic E-state index is 11.1. The van der Waals surface area contributed by atoms with E-state index < -0.39 is 4.92 Å². The van der Waals surface area contributed by atoms with Gasteiger partial charge in [-0.25, -0.2) is 0 Å². The van der Waals surface area contributed by atoms with Gasteiger partial charge in [0.25, 0.3) is 5.69 Å². The van der Waals surface area contributed by atoms with Gasteiger partial charge in [0.15, 0.2) is 5.75 Å². The van der Waals surface area contributed by atoms with Crippen LogP contribution in [0.25, 0.3) is 0 Å². The SMILES string of the molecule is Nc1c(O/C=C2/CN(Cc3ccccc3)CCO2)cc(Br)c([N+](=O)[O-])c1Br. The Labute approximate surface area is 173 Å². The Morgan fingerprint density at radius 3 is 2.78 bits per heavy atom. The molecule has 2 N–H and O–H groups in total. The Morgan fingerprint density at radius 2 is 2.07 bits per heavy atom. The molecule has 1 heterocycles. The van der Waals surface area contributed by atoms with Crippen LogP contribution in [0.5, 0.6) is 5.75 Å². The van der Waals surface area contributed by atoms with E-state index in [1.54, 1.807) is 0 Å². The minimum Gasteiger partial charge on any atom is -0.492 e. The summed E-state index contributed by atoms with van der Waals surface area (Å²) in [4.78, 5) is 12.8. The summed E-state index contributed by atoms with van der Waals surface area (Å²) >= 11 is 6.34. The van der Waals surface area contributed by atoms with Crippen LogP contribution in [0.4, 0.5) is 11.4 Å². The van der Waals surface area contributed by atoms with Crippen LogP contribution in [0.15, 0.2) is 57.4 Å². The molecule has 1 saturated heterocycles. The fourth-order valence-corrected chi connectivity index (χ4v) is 4.07. The van der Waals surface area contributed by atoms with Crippen LogP contribution in [0, 0.1) is 10.1 Å². The molecule has 1 fully saturated rings. The summed E-state index contributed by atoms with van der Waals surface area (Å²) in [7, 11) is 0. The fraction of sp³-hybridized carbons (Fsp3) is 0.222. The Hall–Kier alpha value is -2.10. The number of nitro groups is 1. The first-order valence-electron chi connectivity index (χ1n) is 8.12. The van der Waals surface area contributed by atoms with Gasteiger partial charge in [0.2, 0.25) is 0 Å². The van der Waals surface area contributed by atoms with Crippen molar-refractivity contribution in [3.8, 4) is 5.75 Å². The maximum atomic E-state index is 11.1. The van der Waals surface area contributed by atoms with E-state index in [-0.39, 0.29) is 20.3 Å². The number of rotatable bonds is 5. The van der Waals surface area contributed by atoms with Crippen molar-refractivity contribution in [1.82, 2.24) is 4.90 Å². The highest BCUT2D eigenvalue weighted by Crippen LogP contribution is 2.43. The number of benzene rings is 2. The maximum Gasteiger partial charge on any atom is 0.299 e. The van der Waals surface area contributed by atoms with E-state index in [4.69, 9.17) is 15.2 Å². The summed E-state index contributed by atoms with van der Waals surface area (Å²) in [5.74, 6) is 0.970. The third-order valence-corrected chi connectivity index (χ3v) is 5.42. The highest BCUT2D eigenvalue weighted by atomic mass is 79.9. The lowest BCUT2D eigenvalue weighted by molar-refractivity contribution is -0.386. The fourth-order valence-electron chi connectivity index (χ4n) is 2.69. The van der Waals surface area contributed by atoms with Gasteiger partial charge in [0.05, 0.1) is 17.2 Å². The average molecular weight is 499 g/mol. The number of nitrogen functional groups attached to an aromatic ring is 1. The second-order valence-corrected chi connectivity index (χ2v) is 7.58. The van der Waals surface area contributed by atoms with Gasteiger partial charge in [-0.1, -0.05) is 30.3 Å². The topological polar surface area (TPSA) is 90.9 Å². The van der Waals surface area contributed by atoms with Crippen molar-refractivity contribution in [2.24, 2.45) is 0 Å². The minimum absolute atomic E-state index is 0.143. The molecule has 142 valence electrons. The molecule has 3 rings (SSSR count). The predicted octanol–water partition coefficient (Wildman–Crippen LogP) is 4.45. The van der Waals surface area contributed by atoms with Crippen molar-refractivity contribution in [3.05, 3.63) is 73.0 Å². The van der Waals surface area contributed by atoms with Crippen molar-refractivity contribution in [2.75, 3.05) is 25.4 Å². The molecule has 1 aliphatic heterocycles. The van der Waals surface area contributed by atoms with Gasteiger partial charge in [-0.3, -0.25) is 15.0 Å². The van der Waals surface area contributed by atoms with Gasteiger partial charge < -0.3 is 15.2 Å². The first-order valence-corrected chi connectivity index (χ1v) is 9.71. The number of ether oxygens (including phenoxy) is 2. The standard InChI is InChI=1S/C18H17Br2N3O4/c19-14-8-15(17(21)16(20)18(14)23(24)25)27-11-13-10-22(6-7-26-13)9-12-4-2-1-3-5-12/h1-5,8,11H,6-7,9-10,21H2/b13-11-. The molecule has 2 aromatic carbocycles. The van der Waals surface area contributed by atoms with E-state index in [0.717, 1.165) is 13.1 Å². The number of halogens is 2. The second kappa shape index (κ2) is 8.73. The molecule has 0 aromatic heterocycles. The molecule has 0 atom stereocenters. The van der Waals surface area contributed by atoms with Crippen LogP contribution in [-0.2, 0) is 11.3 Å². The summed E-state index contributed by atoms with van der Waals surface area (Å²) < 4.78 is 11.7. The van der Waals surface area contributed by atoms with E-state index in [1.807, 2.05) is 18.2 Å². The highest BCUT2D eigenvalue weighted by Gasteiger charge is 2.23. The molecule has 0 aliphatic carbocycles. The van der Waals surface area contributed by atoms with Crippen molar-refractivity contribution in [2.45, 2.75) is 6.54 Å². The van der Waals surface area contributed by atoms with E-state index in [9.17, 15) is 10.1 Å². The Balaban J connectivity index is 1.71. The van der Waals surface area contributed by atoms with Crippen LogP contribution < -0.4 is 10.5 Å². The van der Waals surface area contributed by atoms with Gasteiger partial charge >= 0.3 is 0 Å². The summed E-state index contributed by atoms with van der Waals surface area (Å²) in [6.45, 7) is 2.80. The number of hydrogen-bond donors (Lipinski definition) is 1. The molecule has 7 nitrogen and oxygen atoms in total. The van der Waals surface area contributed by atoms with Crippen molar-refractivity contribution < 1.29 is 14.4 Å². The first-order chi connectivity index (χ1) is 13.0. The minimum atomic E-state index is -0.515. The van der Waals surface area contributed by atoms with Crippen LogP contribution in [0.2, 0.25) is 0 Å². The van der Waals surface area contributed by atoms with Crippen LogP contribution >= 0.6 is 31.9 Å². The van der Waals surface area contributed by atoms with Gasteiger partial charge in [-0.15, -0.1) is 0 Å². The zero-order valence-corrected chi connectivity index (χ0v) is 17.4. The zero-order valence-electron chi connectivity index (χ0n) is 14.2.